The number of carbonyl (C=O) groups is 1. The zero-order valence-corrected chi connectivity index (χ0v) is 15.5. The summed E-state index contributed by atoms with van der Waals surface area (Å²) in [6.45, 7) is 6.79. The molecule has 1 aromatic carbocycles. The molecule has 0 heterocycles. The highest BCUT2D eigenvalue weighted by atomic mass is 127. The Labute approximate surface area is 147 Å². The topological polar surface area (TPSA) is 79.5 Å². The number of amides is 1. The Kier molecular flexibility index (Phi) is 8.65. The van der Waals surface area contributed by atoms with Gasteiger partial charge in [-0.05, 0) is 32.9 Å². The highest BCUT2D eigenvalue weighted by Crippen LogP contribution is 2.14. The van der Waals surface area contributed by atoms with Gasteiger partial charge in [-0.15, -0.1) is 24.0 Å². The molecule has 0 unspecified atom stereocenters. The van der Waals surface area contributed by atoms with Gasteiger partial charge >= 0.3 is 0 Å². The zero-order chi connectivity index (χ0) is 15.2. The van der Waals surface area contributed by atoms with Crippen molar-refractivity contribution in [3.63, 3.8) is 0 Å². The van der Waals surface area contributed by atoms with Crippen molar-refractivity contribution >= 4 is 47.4 Å². The summed E-state index contributed by atoms with van der Waals surface area (Å²) in [5, 5.41) is 6.22. The summed E-state index contributed by atoms with van der Waals surface area (Å²) in [7, 11) is 0. The van der Waals surface area contributed by atoms with Crippen LogP contribution in [0.25, 0.3) is 0 Å². The maximum absolute atomic E-state index is 11.8. The molecule has 7 heteroatoms. The van der Waals surface area contributed by atoms with E-state index >= 15 is 0 Å². The van der Waals surface area contributed by atoms with Crippen molar-refractivity contribution in [1.82, 2.24) is 10.6 Å². The zero-order valence-electron chi connectivity index (χ0n) is 12.4. The summed E-state index contributed by atoms with van der Waals surface area (Å²) >= 11 is 5.94. The van der Waals surface area contributed by atoms with E-state index in [1.807, 2.05) is 20.8 Å². The number of benzene rings is 1. The van der Waals surface area contributed by atoms with Gasteiger partial charge in [-0.1, -0.05) is 23.7 Å². The van der Waals surface area contributed by atoms with Crippen LogP contribution in [0.15, 0.2) is 29.3 Å². The molecule has 0 aliphatic carbocycles. The number of nitrogens with one attached hydrogen (secondary N) is 2. The summed E-state index contributed by atoms with van der Waals surface area (Å²) in [5.41, 5.74) is 6.04. The molecule has 0 saturated carbocycles. The van der Waals surface area contributed by atoms with Gasteiger partial charge in [-0.2, -0.15) is 0 Å². The van der Waals surface area contributed by atoms with Crippen LogP contribution in [-0.2, 0) is 0 Å². The Morgan fingerprint density at radius 1 is 1.33 bits per heavy atom. The summed E-state index contributed by atoms with van der Waals surface area (Å²) < 4.78 is 0. The lowest BCUT2D eigenvalue weighted by Gasteiger charge is -2.20. The van der Waals surface area contributed by atoms with Gasteiger partial charge in [-0.25, -0.2) is 0 Å². The van der Waals surface area contributed by atoms with Crippen LogP contribution < -0.4 is 16.4 Å². The number of rotatable bonds is 4. The molecule has 0 atom stereocenters. The second-order valence-electron chi connectivity index (χ2n) is 5.38. The fraction of sp³-hybridized carbons (Fsp3) is 0.429. The first-order valence-electron chi connectivity index (χ1n) is 6.40. The molecular formula is C14H22ClIN4O. The number of guanidine groups is 1. The Balaban J connectivity index is 0.00000400. The molecule has 0 aliphatic rings. The van der Waals surface area contributed by atoms with E-state index in [0.29, 0.717) is 29.6 Å². The normalized spacial score (nSPS) is 11.5. The van der Waals surface area contributed by atoms with Gasteiger partial charge in [0.2, 0.25) is 0 Å². The van der Waals surface area contributed by atoms with Crippen molar-refractivity contribution in [2.24, 2.45) is 10.7 Å². The van der Waals surface area contributed by atoms with Crippen LogP contribution in [0.3, 0.4) is 0 Å². The van der Waals surface area contributed by atoms with Crippen molar-refractivity contribution < 1.29 is 4.79 Å². The lowest BCUT2D eigenvalue weighted by molar-refractivity contribution is 0.0955. The molecule has 0 radical (unpaired) electrons. The standard InChI is InChI=1S/C14H21ClN4O.HI/c1-14(2,3)19-13(16)18-9-8-17-12(20)10-6-4-5-7-11(10)15;/h4-7H,8-9H2,1-3H3,(H,17,20)(H3,16,18,19);1H. The number of nitrogens with zero attached hydrogens (tertiary/aromatic N) is 1. The third-order valence-corrected chi connectivity index (χ3v) is 2.63. The average Bonchev–Trinajstić information content (AvgIpc) is 2.33. The molecule has 1 amide bonds. The molecule has 0 spiro atoms. The summed E-state index contributed by atoms with van der Waals surface area (Å²) in [4.78, 5) is 16.0. The van der Waals surface area contributed by atoms with Crippen molar-refractivity contribution in [3.8, 4) is 0 Å². The first kappa shape index (κ1) is 20.0. The lowest BCUT2D eigenvalue weighted by atomic mass is 10.1. The van der Waals surface area contributed by atoms with E-state index in [-0.39, 0.29) is 35.4 Å². The molecular weight excluding hydrogens is 403 g/mol. The quantitative estimate of drug-likeness (QED) is 0.300. The minimum Gasteiger partial charge on any atom is -0.370 e. The lowest BCUT2D eigenvalue weighted by Crippen LogP contribution is -2.45. The van der Waals surface area contributed by atoms with E-state index in [1.54, 1.807) is 24.3 Å². The Morgan fingerprint density at radius 3 is 2.52 bits per heavy atom. The van der Waals surface area contributed by atoms with Crippen molar-refractivity contribution in [3.05, 3.63) is 34.9 Å². The van der Waals surface area contributed by atoms with Gasteiger partial charge in [0, 0.05) is 12.1 Å². The van der Waals surface area contributed by atoms with Crippen LogP contribution in [0.2, 0.25) is 5.02 Å². The van der Waals surface area contributed by atoms with Gasteiger partial charge in [0.25, 0.3) is 5.91 Å². The molecule has 21 heavy (non-hydrogen) atoms. The molecule has 5 nitrogen and oxygen atoms in total. The summed E-state index contributed by atoms with van der Waals surface area (Å²) in [6.07, 6.45) is 0. The third kappa shape index (κ3) is 8.11. The van der Waals surface area contributed by atoms with Crippen molar-refractivity contribution in [1.29, 1.82) is 0 Å². The van der Waals surface area contributed by atoms with Crippen LogP contribution in [-0.4, -0.2) is 30.5 Å². The molecule has 0 aromatic heterocycles. The molecule has 0 bridgehead atoms. The van der Waals surface area contributed by atoms with E-state index in [9.17, 15) is 4.79 Å². The summed E-state index contributed by atoms with van der Waals surface area (Å²) in [6, 6.07) is 6.91. The van der Waals surface area contributed by atoms with Gasteiger partial charge in [0.05, 0.1) is 17.1 Å². The van der Waals surface area contributed by atoms with Gasteiger partial charge in [-0.3, -0.25) is 9.79 Å². The third-order valence-electron chi connectivity index (χ3n) is 2.30. The maximum Gasteiger partial charge on any atom is 0.252 e. The van der Waals surface area contributed by atoms with Crippen LogP contribution in [0.4, 0.5) is 0 Å². The van der Waals surface area contributed by atoms with Gasteiger partial charge < -0.3 is 16.4 Å². The number of hydrogen-bond donors (Lipinski definition) is 3. The predicted octanol–water partition coefficient (Wildman–Crippen LogP) is 2.39. The van der Waals surface area contributed by atoms with E-state index in [0.717, 1.165) is 0 Å². The Hall–Kier alpha value is -1.02. The first-order valence-corrected chi connectivity index (χ1v) is 6.78. The number of nitrogens with two attached hydrogens (primary N) is 1. The van der Waals surface area contributed by atoms with E-state index in [1.165, 1.54) is 0 Å². The molecule has 1 aromatic rings. The fourth-order valence-electron chi connectivity index (χ4n) is 1.51. The number of halogens is 2. The Bertz CT molecular complexity index is 500. The second-order valence-corrected chi connectivity index (χ2v) is 5.78. The van der Waals surface area contributed by atoms with Crippen molar-refractivity contribution in [2.45, 2.75) is 26.3 Å². The monoisotopic (exact) mass is 424 g/mol. The van der Waals surface area contributed by atoms with Crippen LogP contribution in [0.5, 0.6) is 0 Å². The van der Waals surface area contributed by atoms with Gasteiger partial charge in [0.1, 0.15) is 0 Å². The molecule has 1 rings (SSSR count). The number of carbonyl (C=O) groups excluding carboxylic acids is 1. The average molecular weight is 425 g/mol. The largest absolute Gasteiger partial charge is 0.370 e. The minimum atomic E-state index is -0.215. The highest BCUT2D eigenvalue weighted by Gasteiger charge is 2.10. The first-order chi connectivity index (χ1) is 9.29. The minimum absolute atomic E-state index is 0. The maximum atomic E-state index is 11.8. The SMILES string of the molecule is CC(C)(C)NC(N)=NCCNC(=O)c1ccccc1Cl.I. The number of hydrogen-bond acceptors (Lipinski definition) is 2. The highest BCUT2D eigenvalue weighted by molar-refractivity contribution is 14.0. The van der Waals surface area contributed by atoms with Crippen LogP contribution >= 0.6 is 35.6 Å². The van der Waals surface area contributed by atoms with E-state index in [4.69, 9.17) is 17.3 Å². The Morgan fingerprint density at radius 2 is 1.95 bits per heavy atom. The smallest absolute Gasteiger partial charge is 0.252 e. The molecule has 0 saturated heterocycles. The fourth-order valence-corrected chi connectivity index (χ4v) is 1.73. The van der Waals surface area contributed by atoms with E-state index in [2.05, 4.69) is 15.6 Å². The van der Waals surface area contributed by atoms with E-state index < -0.39 is 0 Å². The predicted molar refractivity (Wildman–Crippen MR) is 98.6 cm³/mol. The van der Waals surface area contributed by atoms with Crippen LogP contribution in [0.1, 0.15) is 31.1 Å². The van der Waals surface area contributed by atoms with Crippen molar-refractivity contribution in [2.75, 3.05) is 13.1 Å². The molecule has 0 aliphatic heterocycles. The molecule has 0 fully saturated rings. The molecule has 4 N–H and O–H groups in total. The number of aliphatic imine (C=N–C) groups is 1. The van der Waals surface area contributed by atoms with Crippen LogP contribution in [0, 0.1) is 0 Å². The second kappa shape index (κ2) is 9.09. The van der Waals surface area contributed by atoms with Gasteiger partial charge in [0.15, 0.2) is 5.96 Å². The summed E-state index contributed by atoms with van der Waals surface area (Å²) in [5.74, 6) is 0.151. The molecule has 118 valence electrons.